The molecule has 7 heteroatoms. The predicted octanol–water partition coefficient (Wildman–Crippen LogP) is 1.94. The number of nitrogens with one attached hydrogen (secondary N) is 2. The second-order valence-corrected chi connectivity index (χ2v) is 4.59. The van der Waals surface area contributed by atoms with Crippen LogP contribution in [0.5, 0.6) is 0 Å². The molecule has 2 rings (SSSR count). The zero-order valence-corrected chi connectivity index (χ0v) is 13.3. The Morgan fingerprint density at radius 3 is 2.60 bits per heavy atom. The molecule has 1 aromatic heterocycles. The Balaban J connectivity index is 0.00000180. The highest BCUT2D eigenvalue weighted by molar-refractivity contribution is 5.97. The van der Waals surface area contributed by atoms with Crippen LogP contribution in [0.1, 0.15) is 18.4 Å². The molecule has 1 aliphatic heterocycles. The third-order valence-corrected chi connectivity index (χ3v) is 3.50. The monoisotopic (exact) mass is 321 g/mol. The number of piperidine rings is 1. The first kappa shape index (κ1) is 19.1. The lowest BCUT2D eigenvalue weighted by molar-refractivity contribution is -0.140. The van der Waals surface area contributed by atoms with Crippen molar-refractivity contribution in [3.63, 3.8) is 0 Å². The molecule has 2 heterocycles. The van der Waals surface area contributed by atoms with Crippen LogP contribution in [-0.4, -0.2) is 36.7 Å². The summed E-state index contributed by atoms with van der Waals surface area (Å²) in [5.41, 5.74) is 1.03. The maximum atomic E-state index is 12.4. The third kappa shape index (κ3) is 4.06. The molecule has 0 aliphatic carbocycles. The van der Waals surface area contributed by atoms with Crippen molar-refractivity contribution < 1.29 is 9.53 Å². The number of aromatic nitrogens is 1. The first-order valence-electron chi connectivity index (χ1n) is 6.16. The fourth-order valence-corrected chi connectivity index (χ4v) is 2.19. The molecule has 0 unspecified atom stereocenters. The molecule has 1 aromatic rings. The zero-order chi connectivity index (χ0) is 13.0. The summed E-state index contributed by atoms with van der Waals surface area (Å²) in [6.45, 7) is 3.54. The largest absolute Gasteiger partial charge is 0.368 e. The lowest BCUT2D eigenvalue weighted by Gasteiger charge is -2.34. The Morgan fingerprint density at radius 1 is 1.40 bits per heavy atom. The van der Waals surface area contributed by atoms with E-state index >= 15 is 0 Å². The number of amides is 1. The second-order valence-electron chi connectivity index (χ2n) is 4.59. The van der Waals surface area contributed by atoms with E-state index in [2.05, 4.69) is 15.6 Å². The van der Waals surface area contributed by atoms with Crippen LogP contribution in [0.4, 0.5) is 5.69 Å². The fourth-order valence-electron chi connectivity index (χ4n) is 2.19. The topological polar surface area (TPSA) is 63.2 Å². The van der Waals surface area contributed by atoms with Crippen molar-refractivity contribution in [2.24, 2.45) is 0 Å². The average Bonchev–Trinajstić information content (AvgIpc) is 2.42. The highest BCUT2D eigenvalue weighted by atomic mass is 35.5. The number of anilines is 1. The summed E-state index contributed by atoms with van der Waals surface area (Å²) in [5, 5.41) is 6.15. The third-order valence-electron chi connectivity index (χ3n) is 3.50. The minimum atomic E-state index is -0.715. The SMILES string of the molecule is COC1(C(=O)Nc2cnccc2C)CCNCC1.Cl.Cl. The van der Waals surface area contributed by atoms with E-state index in [0.29, 0.717) is 12.8 Å². The molecule has 1 saturated heterocycles. The predicted molar refractivity (Wildman–Crippen MR) is 83.9 cm³/mol. The van der Waals surface area contributed by atoms with Crippen LogP contribution >= 0.6 is 24.8 Å². The number of halogens is 2. The first-order chi connectivity index (χ1) is 8.68. The van der Waals surface area contributed by atoms with Crippen LogP contribution in [0.3, 0.4) is 0 Å². The van der Waals surface area contributed by atoms with Gasteiger partial charge >= 0.3 is 0 Å². The number of hydrogen-bond donors (Lipinski definition) is 2. The number of pyridine rings is 1. The fraction of sp³-hybridized carbons (Fsp3) is 0.538. The van der Waals surface area contributed by atoms with E-state index in [4.69, 9.17) is 4.74 Å². The van der Waals surface area contributed by atoms with Gasteiger partial charge in [0.05, 0.1) is 11.9 Å². The number of carbonyl (C=O) groups is 1. The van der Waals surface area contributed by atoms with Crippen molar-refractivity contribution >= 4 is 36.4 Å². The van der Waals surface area contributed by atoms with E-state index < -0.39 is 5.60 Å². The summed E-state index contributed by atoms with van der Waals surface area (Å²) in [4.78, 5) is 16.4. The minimum absolute atomic E-state index is 0. The molecule has 5 nitrogen and oxygen atoms in total. The highest BCUT2D eigenvalue weighted by Gasteiger charge is 2.39. The summed E-state index contributed by atoms with van der Waals surface area (Å²) >= 11 is 0. The maximum absolute atomic E-state index is 12.4. The Morgan fingerprint density at radius 2 is 2.05 bits per heavy atom. The quantitative estimate of drug-likeness (QED) is 0.893. The number of rotatable bonds is 3. The van der Waals surface area contributed by atoms with E-state index in [0.717, 1.165) is 24.3 Å². The van der Waals surface area contributed by atoms with Gasteiger partial charge in [0.15, 0.2) is 0 Å². The molecule has 20 heavy (non-hydrogen) atoms. The van der Waals surface area contributed by atoms with Crippen LogP contribution in [0.25, 0.3) is 0 Å². The molecule has 0 aromatic carbocycles. The van der Waals surface area contributed by atoms with E-state index in [1.165, 1.54) is 0 Å². The van der Waals surface area contributed by atoms with Crippen LogP contribution < -0.4 is 10.6 Å². The Bertz CT molecular complexity index is 437. The molecule has 0 radical (unpaired) electrons. The van der Waals surface area contributed by atoms with Crippen LogP contribution in [0.15, 0.2) is 18.5 Å². The summed E-state index contributed by atoms with van der Waals surface area (Å²) in [5.74, 6) is -0.0809. The molecule has 0 spiro atoms. The summed E-state index contributed by atoms with van der Waals surface area (Å²) in [6.07, 6.45) is 4.75. The second kappa shape index (κ2) is 8.42. The van der Waals surface area contributed by atoms with Gasteiger partial charge in [-0.15, -0.1) is 24.8 Å². The number of aryl methyl sites for hydroxylation is 1. The number of methoxy groups -OCH3 is 1. The van der Waals surface area contributed by atoms with E-state index in [1.807, 2.05) is 13.0 Å². The lowest BCUT2D eigenvalue weighted by atomic mass is 9.91. The normalized spacial score (nSPS) is 16.5. The number of carbonyl (C=O) groups excluding carboxylic acids is 1. The molecule has 2 N–H and O–H groups in total. The van der Waals surface area contributed by atoms with Gasteiger partial charge in [0, 0.05) is 13.3 Å². The lowest BCUT2D eigenvalue weighted by Crippen LogP contribution is -2.51. The zero-order valence-electron chi connectivity index (χ0n) is 11.6. The van der Waals surface area contributed by atoms with Gasteiger partial charge in [-0.25, -0.2) is 0 Å². The standard InChI is InChI=1S/C13H19N3O2.2ClH/c1-10-3-6-15-9-11(10)16-12(17)13(18-2)4-7-14-8-5-13;;/h3,6,9,14H,4-5,7-8H2,1-2H3,(H,16,17);2*1H. The van der Waals surface area contributed by atoms with Crippen LogP contribution in [0.2, 0.25) is 0 Å². The number of nitrogens with zero attached hydrogens (tertiary/aromatic N) is 1. The molecular formula is C13H21Cl2N3O2. The van der Waals surface area contributed by atoms with Crippen molar-refractivity contribution in [2.45, 2.75) is 25.4 Å². The summed E-state index contributed by atoms with van der Waals surface area (Å²) in [6, 6.07) is 1.87. The first-order valence-corrected chi connectivity index (χ1v) is 6.16. The molecule has 0 atom stereocenters. The van der Waals surface area contributed by atoms with Crippen molar-refractivity contribution in [1.82, 2.24) is 10.3 Å². The summed E-state index contributed by atoms with van der Waals surface area (Å²) in [7, 11) is 1.60. The van der Waals surface area contributed by atoms with Crippen molar-refractivity contribution in [1.29, 1.82) is 0 Å². The van der Waals surface area contributed by atoms with Crippen molar-refractivity contribution in [3.8, 4) is 0 Å². The Kier molecular flexibility index (Phi) is 8.05. The van der Waals surface area contributed by atoms with E-state index in [-0.39, 0.29) is 30.7 Å². The van der Waals surface area contributed by atoms with Crippen LogP contribution in [0, 0.1) is 6.92 Å². The van der Waals surface area contributed by atoms with Crippen molar-refractivity contribution in [3.05, 3.63) is 24.0 Å². The number of ether oxygens (including phenoxy) is 1. The number of hydrogen-bond acceptors (Lipinski definition) is 4. The average molecular weight is 322 g/mol. The van der Waals surface area contributed by atoms with E-state index in [9.17, 15) is 4.79 Å². The van der Waals surface area contributed by atoms with E-state index in [1.54, 1.807) is 19.5 Å². The van der Waals surface area contributed by atoms with Gasteiger partial charge in [-0.3, -0.25) is 9.78 Å². The smallest absolute Gasteiger partial charge is 0.256 e. The molecular weight excluding hydrogens is 301 g/mol. The summed E-state index contributed by atoms with van der Waals surface area (Å²) < 4.78 is 5.48. The molecule has 1 fully saturated rings. The highest BCUT2D eigenvalue weighted by Crippen LogP contribution is 2.25. The minimum Gasteiger partial charge on any atom is -0.368 e. The van der Waals surface area contributed by atoms with Gasteiger partial charge in [-0.2, -0.15) is 0 Å². The van der Waals surface area contributed by atoms with Gasteiger partial charge < -0.3 is 15.4 Å². The van der Waals surface area contributed by atoms with Crippen molar-refractivity contribution in [2.75, 3.05) is 25.5 Å². The Hall–Kier alpha value is -0.880. The van der Waals surface area contributed by atoms with Gasteiger partial charge in [0.25, 0.3) is 5.91 Å². The van der Waals surface area contributed by atoms with Gasteiger partial charge in [-0.1, -0.05) is 0 Å². The maximum Gasteiger partial charge on any atom is 0.256 e. The molecule has 1 amide bonds. The van der Waals surface area contributed by atoms with Gasteiger partial charge in [-0.05, 0) is 44.5 Å². The van der Waals surface area contributed by atoms with Crippen LogP contribution in [-0.2, 0) is 9.53 Å². The van der Waals surface area contributed by atoms with Gasteiger partial charge in [0.2, 0.25) is 0 Å². The Labute approximate surface area is 131 Å². The molecule has 114 valence electrons. The molecule has 0 saturated carbocycles. The molecule has 0 bridgehead atoms. The van der Waals surface area contributed by atoms with Gasteiger partial charge in [0.1, 0.15) is 5.60 Å². The molecule has 1 aliphatic rings.